The molecule has 0 aliphatic carbocycles. The number of rotatable bonds is 3. The van der Waals surface area contributed by atoms with Crippen molar-refractivity contribution in [1.29, 1.82) is 0 Å². The molecule has 3 heterocycles. The van der Waals surface area contributed by atoms with E-state index >= 15 is 0 Å². The molecular formula is C22H23N3O2. The van der Waals surface area contributed by atoms with E-state index in [0.29, 0.717) is 6.42 Å². The summed E-state index contributed by atoms with van der Waals surface area (Å²) in [7, 11) is 0. The summed E-state index contributed by atoms with van der Waals surface area (Å²) in [6.07, 6.45) is 1.30. The number of hydrogen-bond acceptors (Lipinski definition) is 3. The van der Waals surface area contributed by atoms with Crippen LogP contribution in [0.2, 0.25) is 0 Å². The number of amides is 2. The summed E-state index contributed by atoms with van der Waals surface area (Å²) < 4.78 is 0. The second-order valence-electron chi connectivity index (χ2n) is 7.67. The molecule has 0 radical (unpaired) electrons. The molecule has 138 valence electrons. The maximum absolute atomic E-state index is 13.0. The Kier molecular flexibility index (Phi) is 3.97. The van der Waals surface area contributed by atoms with E-state index in [2.05, 4.69) is 29.2 Å². The van der Waals surface area contributed by atoms with Gasteiger partial charge in [0.15, 0.2) is 0 Å². The van der Waals surface area contributed by atoms with Crippen LogP contribution < -0.4 is 4.90 Å². The predicted octanol–water partition coefficient (Wildman–Crippen LogP) is 2.09. The molecule has 3 aliphatic rings. The first kappa shape index (κ1) is 16.5. The van der Waals surface area contributed by atoms with Crippen molar-refractivity contribution in [2.45, 2.75) is 19.4 Å². The number of anilines is 1. The maximum Gasteiger partial charge on any atom is 0.253 e. The van der Waals surface area contributed by atoms with Crippen LogP contribution in [0.25, 0.3) is 0 Å². The summed E-state index contributed by atoms with van der Waals surface area (Å²) in [6, 6.07) is 14.4. The van der Waals surface area contributed by atoms with Crippen molar-refractivity contribution >= 4 is 17.5 Å². The van der Waals surface area contributed by atoms with Crippen molar-refractivity contribution in [3.63, 3.8) is 0 Å². The van der Waals surface area contributed by atoms with E-state index in [0.717, 1.165) is 68.1 Å². The van der Waals surface area contributed by atoms with E-state index in [9.17, 15) is 9.59 Å². The number of nitrogens with zero attached hydrogens (tertiary/aromatic N) is 3. The van der Waals surface area contributed by atoms with Crippen molar-refractivity contribution in [1.82, 2.24) is 9.80 Å². The second kappa shape index (κ2) is 6.50. The number of hydrogen-bond donors (Lipinski definition) is 0. The van der Waals surface area contributed by atoms with Gasteiger partial charge in [-0.3, -0.25) is 14.5 Å². The molecule has 1 fully saturated rings. The number of benzene rings is 2. The van der Waals surface area contributed by atoms with Gasteiger partial charge >= 0.3 is 0 Å². The molecule has 1 saturated heterocycles. The molecule has 0 unspecified atom stereocenters. The zero-order chi connectivity index (χ0) is 18.4. The minimum absolute atomic E-state index is 0.103. The average Bonchev–Trinajstić information content (AvgIpc) is 3.27. The summed E-state index contributed by atoms with van der Waals surface area (Å²) in [5.41, 5.74) is 5.32. The predicted molar refractivity (Wildman–Crippen MR) is 104 cm³/mol. The number of carbonyl (C=O) groups excluding carboxylic acids is 2. The third kappa shape index (κ3) is 2.92. The summed E-state index contributed by atoms with van der Waals surface area (Å²) in [6.45, 7) is 4.99. The van der Waals surface area contributed by atoms with Gasteiger partial charge in [-0.05, 0) is 35.2 Å². The van der Waals surface area contributed by atoms with Gasteiger partial charge in [0.1, 0.15) is 0 Å². The van der Waals surface area contributed by atoms with Gasteiger partial charge in [0, 0.05) is 44.8 Å². The highest BCUT2D eigenvalue weighted by Crippen LogP contribution is 2.38. The lowest BCUT2D eigenvalue weighted by Gasteiger charge is -2.35. The Morgan fingerprint density at radius 1 is 0.926 bits per heavy atom. The molecule has 0 bridgehead atoms. The van der Waals surface area contributed by atoms with Crippen molar-refractivity contribution < 1.29 is 9.59 Å². The Morgan fingerprint density at radius 3 is 2.44 bits per heavy atom. The van der Waals surface area contributed by atoms with Gasteiger partial charge in [-0.2, -0.15) is 0 Å². The Balaban J connectivity index is 1.27. The SMILES string of the molecule is O=C(c1cc2c3c(c1)CC(=O)N3CC2)N1CCN(Cc2ccccc2)CC1. The van der Waals surface area contributed by atoms with Crippen LogP contribution in [0.5, 0.6) is 0 Å². The van der Waals surface area contributed by atoms with Gasteiger partial charge in [-0.25, -0.2) is 0 Å². The van der Waals surface area contributed by atoms with Crippen LogP contribution in [0.4, 0.5) is 5.69 Å². The van der Waals surface area contributed by atoms with Gasteiger partial charge < -0.3 is 9.80 Å². The molecule has 2 amide bonds. The fraction of sp³-hybridized carbons (Fsp3) is 0.364. The molecule has 0 spiro atoms. The zero-order valence-electron chi connectivity index (χ0n) is 15.4. The normalized spacial score (nSPS) is 18.9. The van der Waals surface area contributed by atoms with Gasteiger partial charge in [0.25, 0.3) is 5.91 Å². The van der Waals surface area contributed by atoms with E-state index in [-0.39, 0.29) is 11.8 Å². The monoisotopic (exact) mass is 361 g/mol. The number of carbonyl (C=O) groups is 2. The Bertz CT molecular complexity index is 901. The molecule has 0 saturated carbocycles. The summed E-state index contributed by atoms with van der Waals surface area (Å²) >= 11 is 0. The quantitative estimate of drug-likeness (QED) is 0.841. The summed E-state index contributed by atoms with van der Waals surface area (Å²) in [5, 5.41) is 0. The summed E-state index contributed by atoms with van der Waals surface area (Å²) in [4.78, 5) is 31.4. The molecule has 27 heavy (non-hydrogen) atoms. The second-order valence-corrected chi connectivity index (χ2v) is 7.67. The van der Waals surface area contributed by atoms with Crippen LogP contribution in [-0.4, -0.2) is 54.3 Å². The first-order valence-electron chi connectivity index (χ1n) is 9.71. The highest BCUT2D eigenvalue weighted by atomic mass is 16.2. The van der Waals surface area contributed by atoms with Gasteiger partial charge in [0.05, 0.1) is 12.1 Å². The van der Waals surface area contributed by atoms with E-state index < -0.39 is 0 Å². The van der Waals surface area contributed by atoms with Gasteiger partial charge in [-0.1, -0.05) is 30.3 Å². The lowest BCUT2D eigenvalue weighted by Crippen LogP contribution is -2.48. The van der Waals surface area contributed by atoms with Crippen LogP contribution in [0, 0.1) is 0 Å². The molecule has 2 aromatic carbocycles. The molecule has 5 rings (SSSR count). The molecule has 5 heteroatoms. The van der Waals surface area contributed by atoms with Crippen molar-refractivity contribution in [2.24, 2.45) is 0 Å². The van der Waals surface area contributed by atoms with E-state index in [1.165, 1.54) is 5.56 Å². The number of piperazine rings is 1. The Labute approximate surface area is 159 Å². The van der Waals surface area contributed by atoms with E-state index in [1.54, 1.807) is 0 Å². The highest BCUT2D eigenvalue weighted by molar-refractivity contribution is 6.05. The summed E-state index contributed by atoms with van der Waals surface area (Å²) in [5.74, 6) is 0.272. The zero-order valence-corrected chi connectivity index (χ0v) is 15.4. The molecule has 0 atom stereocenters. The van der Waals surface area contributed by atoms with Crippen LogP contribution in [-0.2, 0) is 24.2 Å². The third-order valence-electron chi connectivity index (χ3n) is 5.94. The Hall–Kier alpha value is -2.66. The Morgan fingerprint density at radius 2 is 1.67 bits per heavy atom. The highest BCUT2D eigenvalue weighted by Gasteiger charge is 2.35. The molecule has 0 aromatic heterocycles. The fourth-order valence-corrected chi connectivity index (χ4v) is 4.54. The van der Waals surface area contributed by atoms with E-state index in [1.807, 2.05) is 28.0 Å². The fourth-order valence-electron chi connectivity index (χ4n) is 4.54. The van der Waals surface area contributed by atoms with Crippen LogP contribution in [0.3, 0.4) is 0 Å². The molecule has 3 aliphatic heterocycles. The molecule has 0 N–H and O–H groups in total. The maximum atomic E-state index is 13.0. The first-order valence-corrected chi connectivity index (χ1v) is 9.71. The lowest BCUT2D eigenvalue weighted by molar-refractivity contribution is -0.117. The minimum Gasteiger partial charge on any atom is -0.336 e. The van der Waals surface area contributed by atoms with Crippen LogP contribution in [0.1, 0.15) is 27.0 Å². The average molecular weight is 361 g/mol. The van der Waals surface area contributed by atoms with Crippen molar-refractivity contribution in [2.75, 3.05) is 37.6 Å². The smallest absolute Gasteiger partial charge is 0.253 e. The van der Waals surface area contributed by atoms with Crippen molar-refractivity contribution in [3.8, 4) is 0 Å². The first-order chi connectivity index (χ1) is 13.2. The topological polar surface area (TPSA) is 43.9 Å². The van der Waals surface area contributed by atoms with E-state index in [4.69, 9.17) is 0 Å². The van der Waals surface area contributed by atoms with Crippen LogP contribution >= 0.6 is 0 Å². The molecule has 2 aromatic rings. The standard InChI is InChI=1S/C22H23N3O2/c26-20-14-18-13-19(12-17-6-7-25(20)21(17)18)22(27)24-10-8-23(9-11-24)15-16-4-2-1-3-5-16/h1-5,12-13H,6-11,14-15H2. The third-order valence-corrected chi connectivity index (χ3v) is 5.94. The minimum atomic E-state index is 0.103. The largest absolute Gasteiger partial charge is 0.336 e. The molecular weight excluding hydrogens is 338 g/mol. The molecule has 5 nitrogen and oxygen atoms in total. The van der Waals surface area contributed by atoms with Gasteiger partial charge in [0.2, 0.25) is 5.91 Å². The lowest BCUT2D eigenvalue weighted by atomic mass is 10.0. The van der Waals surface area contributed by atoms with Crippen LogP contribution in [0.15, 0.2) is 42.5 Å². The van der Waals surface area contributed by atoms with Crippen molar-refractivity contribution in [3.05, 3.63) is 64.7 Å². The van der Waals surface area contributed by atoms with Gasteiger partial charge in [-0.15, -0.1) is 0 Å².